The van der Waals surface area contributed by atoms with Gasteiger partial charge in [0.1, 0.15) is 30.2 Å². The maximum absolute atomic E-state index is 12.7. The summed E-state index contributed by atoms with van der Waals surface area (Å²) in [5.41, 5.74) is 0.974. The van der Waals surface area contributed by atoms with Crippen molar-refractivity contribution < 1.29 is 24.9 Å². The van der Waals surface area contributed by atoms with Crippen LogP contribution in [0.25, 0.3) is 0 Å². The number of fused-ring (bicyclic) bond motifs is 1. The molecule has 5 N–H and O–H groups in total. The van der Waals surface area contributed by atoms with E-state index in [0.717, 1.165) is 0 Å². The van der Waals surface area contributed by atoms with Gasteiger partial charge in [-0.25, -0.2) is 9.98 Å². The summed E-state index contributed by atoms with van der Waals surface area (Å²) in [5.74, 6) is 0.0598. The molecule has 0 saturated carbocycles. The Morgan fingerprint density at radius 3 is 2.74 bits per heavy atom. The number of aliphatic imine (C=N–C) groups is 1. The molecule has 27 heavy (non-hydrogen) atoms. The first-order valence-corrected chi connectivity index (χ1v) is 8.43. The standard InChI is InChI=1S/C17H19N5O5/c23-6-10-12(24)13(25)17(27-10)22-8-20-14-11(18-7-19-14)15(22)21-16(26)9-4-2-1-3-5-9/h1-5,7-8,10,12-13,15,17,23-25H,6H2,(H,18,19)(H,21,26)/t10-,12-,13+,15?,17-/m1/s1. The first kappa shape index (κ1) is 17.6. The van der Waals surface area contributed by atoms with E-state index in [1.54, 1.807) is 24.3 Å². The average Bonchev–Trinajstić information content (AvgIpc) is 3.28. The molecule has 1 aromatic heterocycles. The maximum Gasteiger partial charge on any atom is 0.253 e. The third-order valence-electron chi connectivity index (χ3n) is 4.65. The minimum Gasteiger partial charge on any atom is -0.394 e. The van der Waals surface area contributed by atoms with E-state index in [1.807, 2.05) is 6.07 Å². The summed E-state index contributed by atoms with van der Waals surface area (Å²) in [7, 11) is 0. The van der Waals surface area contributed by atoms with Gasteiger partial charge in [0, 0.05) is 5.56 Å². The third-order valence-corrected chi connectivity index (χ3v) is 4.65. The van der Waals surface area contributed by atoms with Crippen LogP contribution in [0.1, 0.15) is 22.2 Å². The van der Waals surface area contributed by atoms with Crippen LogP contribution in [0.4, 0.5) is 5.82 Å². The van der Waals surface area contributed by atoms with Crippen LogP contribution in [0, 0.1) is 0 Å². The molecule has 1 saturated heterocycles. The number of aromatic nitrogens is 2. The number of aliphatic hydroxyl groups is 3. The molecular formula is C17H19N5O5. The molecule has 4 rings (SSSR count). The SMILES string of the molecule is O=C(NC1c2[nH]cnc2N=CN1[C@@H]1O[C@H](CO)[C@@H](O)[C@@H]1O)c1ccccc1. The highest BCUT2D eigenvalue weighted by Gasteiger charge is 2.48. The van der Waals surface area contributed by atoms with Crippen molar-refractivity contribution in [2.24, 2.45) is 4.99 Å². The number of aromatic amines is 1. The molecule has 10 nitrogen and oxygen atoms in total. The van der Waals surface area contributed by atoms with Gasteiger partial charge in [0.05, 0.1) is 19.3 Å². The van der Waals surface area contributed by atoms with E-state index < -0.39 is 37.3 Å². The van der Waals surface area contributed by atoms with Crippen molar-refractivity contribution in [2.75, 3.05) is 6.61 Å². The number of carbonyl (C=O) groups is 1. The predicted octanol–water partition coefficient (Wildman–Crippen LogP) is -0.747. The molecule has 1 amide bonds. The molecule has 2 aliphatic rings. The lowest BCUT2D eigenvalue weighted by atomic mass is 10.1. The fraction of sp³-hybridized carbons (Fsp3) is 0.353. The van der Waals surface area contributed by atoms with Gasteiger partial charge < -0.3 is 35.3 Å². The normalized spacial score (nSPS) is 29.6. The van der Waals surface area contributed by atoms with Gasteiger partial charge >= 0.3 is 0 Å². The number of H-pyrrole nitrogens is 1. The zero-order chi connectivity index (χ0) is 19.0. The van der Waals surface area contributed by atoms with Crippen LogP contribution in [-0.2, 0) is 4.74 Å². The third kappa shape index (κ3) is 3.08. The summed E-state index contributed by atoms with van der Waals surface area (Å²) in [6, 6.07) is 8.67. The number of rotatable bonds is 4. The zero-order valence-electron chi connectivity index (χ0n) is 14.1. The van der Waals surface area contributed by atoms with Gasteiger partial charge in [-0.05, 0) is 12.1 Å². The Hall–Kier alpha value is -2.79. The second kappa shape index (κ2) is 7.08. The Bertz CT molecular complexity index is 841. The molecule has 1 unspecified atom stereocenters. The predicted molar refractivity (Wildman–Crippen MR) is 93.0 cm³/mol. The van der Waals surface area contributed by atoms with Crippen molar-refractivity contribution in [1.29, 1.82) is 0 Å². The first-order valence-electron chi connectivity index (χ1n) is 8.43. The zero-order valence-corrected chi connectivity index (χ0v) is 14.1. The van der Waals surface area contributed by atoms with Crippen LogP contribution in [0.5, 0.6) is 0 Å². The quantitative estimate of drug-likeness (QED) is 0.474. The van der Waals surface area contributed by atoms with E-state index in [9.17, 15) is 20.1 Å². The number of imidazole rings is 1. The van der Waals surface area contributed by atoms with E-state index in [1.165, 1.54) is 17.6 Å². The van der Waals surface area contributed by atoms with Gasteiger partial charge in [0.2, 0.25) is 0 Å². The Kier molecular flexibility index (Phi) is 4.62. The topological polar surface area (TPSA) is 143 Å². The number of aliphatic hydroxyl groups excluding tert-OH is 3. The van der Waals surface area contributed by atoms with Crippen LogP contribution >= 0.6 is 0 Å². The van der Waals surface area contributed by atoms with Gasteiger partial charge in [-0.15, -0.1) is 0 Å². The molecule has 1 aromatic carbocycles. The van der Waals surface area contributed by atoms with Gasteiger partial charge in [-0.1, -0.05) is 18.2 Å². The fourth-order valence-corrected chi connectivity index (χ4v) is 3.22. The molecule has 0 bridgehead atoms. The van der Waals surface area contributed by atoms with Crippen molar-refractivity contribution in [3.8, 4) is 0 Å². The Morgan fingerprint density at radius 1 is 1.26 bits per heavy atom. The molecule has 5 atom stereocenters. The molecule has 0 radical (unpaired) electrons. The highest BCUT2D eigenvalue weighted by molar-refractivity contribution is 5.94. The van der Waals surface area contributed by atoms with Crippen LogP contribution in [0.15, 0.2) is 41.7 Å². The van der Waals surface area contributed by atoms with Crippen LogP contribution in [0.2, 0.25) is 0 Å². The molecule has 2 aliphatic heterocycles. The van der Waals surface area contributed by atoms with E-state index in [4.69, 9.17) is 4.74 Å². The molecular weight excluding hydrogens is 354 g/mol. The average molecular weight is 373 g/mol. The Balaban J connectivity index is 1.63. The number of carbonyl (C=O) groups excluding carboxylic acids is 1. The van der Waals surface area contributed by atoms with Gasteiger partial charge in [-0.2, -0.15) is 0 Å². The Labute approximate surface area is 154 Å². The minimum absolute atomic E-state index is 0.340. The monoisotopic (exact) mass is 373 g/mol. The smallest absolute Gasteiger partial charge is 0.253 e. The van der Waals surface area contributed by atoms with Gasteiger partial charge in [0.15, 0.2) is 12.0 Å². The lowest BCUT2D eigenvalue weighted by Crippen LogP contribution is -2.51. The lowest BCUT2D eigenvalue weighted by Gasteiger charge is -2.37. The molecule has 3 heterocycles. The molecule has 2 aromatic rings. The number of benzene rings is 1. The molecule has 1 fully saturated rings. The second-order valence-electron chi connectivity index (χ2n) is 6.30. The van der Waals surface area contributed by atoms with E-state index in [2.05, 4.69) is 20.3 Å². The summed E-state index contributed by atoms with van der Waals surface area (Å²) in [6.07, 6.45) is -2.44. The molecule has 0 spiro atoms. The highest BCUT2D eigenvalue weighted by atomic mass is 16.6. The molecule has 0 aliphatic carbocycles. The largest absolute Gasteiger partial charge is 0.394 e. The maximum atomic E-state index is 12.7. The van der Waals surface area contributed by atoms with Crippen LogP contribution in [0.3, 0.4) is 0 Å². The summed E-state index contributed by atoms with van der Waals surface area (Å²) in [4.78, 5) is 25.4. The van der Waals surface area contributed by atoms with Crippen molar-refractivity contribution in [3.05, 3.63) is 47.9 Å². The summed E-state index contributed by atoms with van der Waals surface area (Å²) >= 11 is 0. The lowest BCUT2D eigenvalue weighted by molar-refractivity contribution is -0.0856. The summed E-state index contributed by atoms with van der Waals surface area (Å²) in [6.45, 7) is -0.448. The van der Waals surface area contributed by atoms with Crippen LogP contribution in [-0.4, -0.2) is 73.6 Å². The van der Waals surface area contributed by atoms with E-state index in [0.29, 0.717) is 17.1 Å². The van der Waals surface area contributed by atoms with Gasteiger partial charge in [0.25, 0.3) is 5.91 Å². The number of ether oxygens (including phenoxy) is 1. The minimum atomic E-state index is -1.30. The van der Waals surface area contributed by atoms with Crippen molar-refractivity contribution >= 4 is 18.1 Å². The number of nitrogens with zero attached hydrogens (tertiary/aromatic N) is 3. The van der Waals surface area contributed by atoms with E-state index >= 15 is 0 Å². The van der Waals surface area contributed by atoms with Crippen LogP contribution < -0.4 is 5.32 Å². The highest BCUT2D eigenvalue weighted by Crippen LogP contribution is 2.34. The number of nitrogens with one attached hydrogen (secondary N) is 2. The fourth-order valence-electron chi connectivity index (χ4n) is 3.22. The molecule has 142 valence electrons. The first-order chi connectivity index (χ1) is 13.1. The van der Waals surface area contributed by atoms with Crippen molar-refractivity contribution in [3.63, 3.8) is 0 Å². The Morgan fingerprint density at radius 2 is 2.04 bits per heavy atom. The molecule has 10 heteroatoms. The van der Waals surface area contributed by atoms with Crippen molar-refractivity contribution in [1.82, 2.24) is 20.2 Å². The summed E-state index contributed by atoms with van der Waals surface area (Å²) < 4.78 is 5.58. The van der Waals surface area contributed by atoms with E-state index in [-0.39, 0.29) is 5.91 Å². The number of amides is 1. The van der Waals surface area contributed by atoms with Crippen molar-refractivity contribution in [2.45, 2.75) is 30.7 Å². The number of hydrogen-bond acceptors (Lipinski definition) is 8. The number of hydrogen-bond donors (Lipinski definition) is 5. The van der Waals surface area contributed by atoms with Gasteiger partial charge in [-0.3, -0.25) is 4.79 Å². The second-order valence-corrected chi connectivity index (χ2v) is 6.30. The summed E-state index contributed by atoms with van der Waals surface area (Å²) in [5, 5.41) is 32.6.